The Morgan fingerprint density at radius 1 is 1.21 bits per heavy atom. The van der Waals surface area contributed by atoms with Crippen LogP contribution in [0.25, 0.3) is 0 Å². The highest BCUT2D eigenvalue weighted by Gasteiger charge is 2.00. The molecule has 0 saturated heterocycles. The average Bonchev–Trinajstić information content (AvgIpc) is 2.47. The first kappa shape index (κ1) is 13.0. The van der Waals surface area contributed by atoms with Crippen molar-refractivity contribution in [2.24, 2.45) is 4.99 Å². The lowest BCUT2D eigenvalue weighted by Crippen LogP contribution is -1.91. The van der Waals surface area contributed by atoms with Crippen LogP contribution in [0.15, 0.2) is 47.5 Å². The molecule has 2 aromatic carbocycles. The van der Waals surface area contributed by atoms with E-state index in [1.807, 2.05) is 13.0 Å². The molecule has 0 N–H and O–H groups in total. The Morgan fingerprint density at radius 2 is 1.95 bits per heavy atom. The van der Waals surface area contributed by atoms with Crippen LogP contribution < -0.4 is 0 Å². The van der Waals surface area contributed by atoms with Gasteiger partial charge < -0.3 is 0 Å². The lowest BCUT2D eigenvalue weighted by Gasteiger charge is -2.00. The molecule has 0 saturated carbocycles. The van der Waals surface area contributed by atoms with Crippen molar-refractivity contribution in [1.82, 2.24) is 0 Å². The largest absolute Gasteiger partial charge is 0.256 e. The molecular weight excluding hydrogens is 239 g/mol. The van der Waals surface area contributed by atoms with E-state index in [2.05, 4.69) is 4.99 Å². The van der Waals surface area contributed by atoms with E-state index in [0.717, 1.165) is 12.0 Å². The number of aliphatic imine (C=N–C) groups is 1. The fourth-order valence-corrected chi connectivity index (χ4v) is 1.68. The molecular formula is C16H13FN2. The summed E-state index contributed by atoms with van der Waals surface area (Å²) in [6, 6.07) is 13.9. The number of nitrogens with zero attached hydrogens (tertiary/aromatic N) is 2. The molecule has 0 amide bonds. The maximum absolute atomic E-state index is 13.6. The van der Waals surface area contributed by atoms with E-state index < -0.39 is 0 Å². The van der Waals surface area contributed by atoms with E-state index in [1.54, 1.807) is 36.4 Å². The zero-order valence-electron chi connectivity index (χ0n) is 10.6. The van der Waals surface area contributed by atoms with Crippen molar-refractivity contribution >= 4 is 11.9 Å². The number of hydrogen-bond donors (Lipinski definition) is 0. The maximum atomic E-state index is 13.6. The molecule has 0 bridgehead atoms. The molecule has 0 aliphatic carbocycles. The molecule has 3 heteroatoms. The molecule has 94 valence electrons. The van der Waals surface area contributed by atoms with Crippen molar-refractivity contribution in [3.8, 4) is 6.07 Å². The van der Waals surface area contributed by atoms with Gasteiger partial charge in [-0.25, -0.2) is 4.39 Å². The number of halogens is 1. The van der Waals surface area contributed by atoms with E-state index in [9.17, 15) is 4.39 Å². The quantitative estimate of drug-likeness (QED) is 0.760. The summed E-state index contributed by atoms with van der Waals surface area (Å²) >= 11 is 0. The monoisotopic (exact) mass is 252 g/mol. The number of hydrogen-bond acceptors (Lipinski definition) is 2. The van der Waals surface area contributed by atoms with Gasteiger partial charge in [0.1, 0.15) is 5.82 Å². The summed E-state index contributed by atoms with van der Waals surface area (Å²) < 4.78 is 13.6. The molecule has 0 aliphatic rings. The highest BCUT2D eigenvalue weighted by atomic mass is 19.1. The maximum Gasteiger partial charge on any atom is 0.131 e. The smallest absolute Gasteiger partial charge is 0.131 e. The summed E-state index contributed by atoms with van der Waals surface area (Å²) in [5.41, 5.74) is 2.82. The van der Waals surface area contributed by atoms with Crippen molar-refractivity contribution in [2.75, 3.05) is 0 Å². The first-order valence-electron chi connectivity index (χ1n) is 6.05. The summed E-state index contributed by atoms with van der Waals surface area (Å²) in [7, 11) is 0. The predicted molar refractivity (Wildman–Crippen MR) is 74.2 cm³/mol. The van der Waals surface area contributed by atoms with E-state index in [-0.39, 0.29) is 5.82 Å². The van der Waals surface area contributed by atoms with E-state index in [0.29, 0.717) is 16.8 Å². The third-order valence-corrected chi connectivity index (χ3v) is 2.82. The van der Waals surface area contributed by atoms with Gasteiger partial charge in [0.15, 0.2) is 0 Å². The first-order chi connectivity index (χ1) is 9.22. The molecule has 0 aliphatic heterocycles. The van der Waals surface area contributed by atoms with Crippen molar-refractivity contribution in [3.63, 3.8) is 0 Å². The molecule has 0 heterocycles. The summed E-state index contributed by atoms with van der Waals surface area (Å²) in [5, 5.41) is 8.69. The van der Waals surface area contributed by atoms with Gasteiger partial charge in [-0.05, 0) is 48.4 Å². The Morgan fingerprint density at radius 3 is 2.58 bits per heavy atom. The topological polar surface area (TPSA) is 36.1 Å². The summed E-state index contributed by atoms with van der Waals surface area (Å²) in [4.78, 5) is 4.21. The van der Waals surface area contributed by atoms with Gasteiger partial charge in [0.2, 0.25) is 0 Å². The van der Waals surface area contributed by atoms with Gasteiger partial charge in [-0.15, -0.1) is 0 Å². The van der Waals surface area contributed by atoms with Gasteiger partial charge in [-0.3, -0.25) is 4.99 Å². The normalized spacial score (nSPS) is 10.6. The van der Waals surface area contributed by atoms with Gasteiger partial charge >= 0.3 is 0 Å². The number of nitriles is 1. The summed E-state index contributed by atoms with van der Waals surface area (Å²) in [6.07, 6.45) is 2.37. The molecule has 0 spiro atoms. The van der Waals surface area contributed by atoms with Crippen LogP contribution >= 0.6 is 0 Å². The molecule has 2 nitrogen and oxygen atoms in total. The Labute approximate surface area is 111 Å². The van der Waals surface area contributed by atoms with Gasteiger partial charge in [0, 0.05) is 11.8 Å². The van der Waals surface area contributed by atoms with Crippen molar-refractivity contribution in [1.29, 1.82) is 5.26 Å². The number of benzene rings is 2. The second-order valence-electron chi connectivity index (χ2n) is 4.13. The van der Waals surface area contributed by atoms with Gasteiger partial charge in [-0.2, -0.15) is 5.26 Å². The molecule has 0 fully saturated rings. The Kier molecular flexibility index (Phi) is 4.04. The zero-order valence-corrected chi connectivity index (χ0v) is 10.6. The Bertz CT molecular complexity index is 637. The second kappa shape index (κ2) is 5.92. The molecule has 2 aromatic rings. The van der Waals surface area contributed by atoms with E-state index in [4.69, 9.17) is 5.26 Å². The standard InChI is InChI=1S/C16H13FN2/c1-2-12-5-8-16(17)14(9-12)11-19-15-6-3-13(10-18)4-7-15/h3-9,11H,2H2,1H3. The van der Waals surface area contributed by atoms with Crippen LogP contribution in [0.2, 0.25) is 0 Å². The van der Waals surface area contributed by atoms with Gasteiger partial charge in [-0.1, -0.05) is 13.0 Å². The minimum atomic E-state index is -0.283. The molecule has 19 heavy (non-hydrogen) atoms. The van der Waals surface area contributed by atoms with Crippen molar-refractivity contribution in [3.05, 3.63) is 65.0 Å². The van der Waals surface area contributed by atoms with Crippen LogP contribution in [0.4, 0.5) is 10.1 Å². The van der Waals surface area contributed by atoms with E-state index in [1.165, 1.54) is 12.3 Å². The van der Waals surface area contributed by atoms with Crippen LogP contribution in [-0.4, -0.2) is 6.21 Å². The molecule has 0 aromatic heterocycles. The molecule has 2 rings (SSSR count). The third kappa shape index (κ3) is 3.26. The Hall–Kier alpha value is -2.47. The van der Waals surface area contributed by atoms with Gasteiger partial charge in [0.25, 0.3) is 0 Å². The molecule has 0 unspecified atom stereocenters. The van der Waals surface area contributed by atoms with Crippen molar-refractivity contribution in [2.45, 2.75) is 13.3 Å². The summed E-state index contributed by atoms with van der Waals surface area (Å²) in [5.74, 6) is -0.283. The highest BCUT2D eigenvalue weighted by molar-refractivity contribution is 5.82. The fraction of sp³-hybridized carbons (Fsp3) is 0.125. The first-order valence-corrected chi connectivity index (χ1v) is 6.05. The predicted octanol–water partition coefficient (Wildman–Crippen LogP) is 4.01. The lowest BCUT2D eigenvalue weighted by molar-refractivity contribution is 0.625. The van der Waals surface area contributed by atoms with Crippen LogP contribution in [-0.2, 0) is 6.42 Å². The summed E-state index contributed by atoms with van der Waals surface area (Å²) in [6.45, 7) is 2.02. The van der Waals surface area contributed by atoms with Crippen LogP contribution in [0.5, 0.6) is 0 Å². The van der Waals surface area contributed by atoms with Crippen LogP contribution in [0.1, 0.15) is 23.6 Å². The fourth-order valence-electron chi connectivity index (χ4n) is 1.68. The molecule has 0 radical (unpaired) electrons. The number of rotatable bonds is 3. The molecule has 0 atom stereocenters. The minimum Gasteiger partial charge on any atom is -0.256 e. The lowest BCUT2D eigenvalue weighted by atomic mass is 10.1. The van der Waals surface area contributed by atoms with Crippen LogP contribution in [0, 0.1) is 17.1 Å². The highest BCUT2D eigenvalue weighted by Crippen LogP contribution is 2.14. The average molecular weight is 252 g/mol. The Balaban J connectivity index is 2.24. The zero-order chi connectivity index (χ0) is 13.7. The van der Waals surface area contributed by atoms with E-state index >= 15 is 0 Å². The number of aryl methyl sites for hydroxylation is 1. The van der Waals surface area contributed by atoms with Crippen LogP contribution in [0.3, 0.4) is 0 Å². The van der Waals surface area contributed by atoms with Gasteiger partial charge in [0.05, 0.1) is 17.3 Å². The minimum absolute atomic E-state index is 0.283. The SMILES string of the molecule is CCc1ccc(F)c(C=Nc2ccc(C#N)cc2)c1. The third-order valence-electron chi connectivity index (χ3n) is 2.82. The van der Waals surface area contributed by atoms with Crippen molar-refractivity contribution < 1.29 is 4.39 Å². The second-order valence-corrected chi connectivity index (χ2v) is 4.13.